The molecule has 0 heterocycles. The zero-order chi connectivity index (χ0) is 14.3. The number of rotatable bonds is 7. The Kier molecular flexibility index (Phi) is 5.47. The number of hydrogen-bond donors (Lipinski definition) is 1. The molecule has 5 heteroatoms. The summed E-state index contributed by atoms with van der Waals surface area (Å²) in [5.74, 6) is 0.0172. The largest absolute Gasteiger partial charge is 0.491 e. The third-order valence-electron chi connectivity index (χ3n) is 2.24. The van der Waals surface area contributed by atoms with Gasteiger partial charge in [-0.1, -0.05) is 25.3 Å². The molecule has 102 valence electrons. The molecule has 0 radical (unpaired) electrons. The van der Waals surface area contributed by atoms with E-state index in [1.165, 1.54) is 19.3 Å². The molecule has 5 nitrogen and oxygen atoms in total. The van der Waals surface area contributed by atoms with E-state index in [-0.39, 0.29) is 24.5 Å². The molecule has 1 aromatic rings. The first-order chi connectivity index (χ1) is 9.15. The van der Waals surface area contributed by atoms with Gasteiger partial charge in [-0.15, -0.1) is 0 Å². The van der Waals surface area contributed by atoms with E-state index in [1.54, 1.807) is 12.1 Å². The lowest BCUT2D eigenvalue weighted by Crippen LogP contribution is -2.10. The van der Waals surface area contributed by atoms with Gasteiger partial charge in [-0.25, -0.2) is 4.79 Å². The van der Waals surface area contributed by atoms with Gasteiger partial charge in [0.2, 0.25) is 0 Å². The summed E-state index contributed by atoms with van der Waals surface area (Å²) in [5.41, 5.74) is 6.40. The second-order valence-corrected chi connectivity index (χ2v) is 3.55. The Bertz CT molecular complexity index is 483. The highest BCUT2D eigenvalue weighted by molar-refractivity contribution is 5.95. The molecule has 0 unspecified atom stereocenters. The van der Waals surface area contributed by atoms with Crippen molar-refractivity contribution >= 4 is 11.7 Å². The van der Waals surface area contributed by atoms with Crippen LogP contribution in [0.25, 0.3) is 0 Å². The third kappa shape index (κ3) is 3.51. The van der Waals surface area contributed by atoms with Crippen molar-refractivity contribution in [2.24, 2.45) is 0 Å². The van der Waals surface area contributed by atoms with E-state index in [2.05, 4.69) is 13.2 Å². The maximum absolute atomic E-state index is 11.9. The summed E-state index contributed by atoms with van der Waals surface area (Å²) in [6, 6.07) is 3.09. The van der Waals surface area contributed by atoms with E-state index in [1.807, 2.05) is 0 Å². The average Bonchev–Trinajstić information content (AvgIpc) is 2.42. The molecule has 0 aliphatic rings. The van der Waals surface area contributed by atoms with Crippen LogP contribution in [0.3, 0.4) is 0 Å². The van der Waals surface area contributed by atoms with E-state index < -0.39 is 5.97 Å². The SMILES string of the molecule is C=CCOC(=O)c1ccc(N)c(OC)c1OCC=C. The van der Waals surface area contributed by atoms with Gasteiger partial charge in [0, 0.05) is 0 Å². The van der Waals surface area contributed by atoms with Crippen LogP contribution in [0.5, 0.6) is 11.5 Å². The van der Waals surface area contributed by atoms with Crippen molar-refractivity contribution in [3.05, 3.63) is 43.0 Å². The van der Waals surface area contributed by atoms with Crippen molar-refractivity contribution in [3.8, 4) is 11.5 Å². The number of nitrogen functional groups attached to an aromatic ring is 1. The fourth-order valence-electron chi connectivity index (χ4n) is 1.45. The Morgan fingerprint density at radius 3 is 2.53 bits per heavy atom. The number of ether oxygens (including phenoxy) is 3. The fourth-order valence-corrected chi connectivity index (χ4v) is 1.45. The first-order valence-corrected chi connectivity index (χ1v) is 5.63. The van der Waals surface area contributed by atoms with E-state index in [0.717, 1.165) is 0 Å². The van der Waals surface area contributed by atoms with Gasteiger partial charge in [0.1, 0.15) is 18.8 Å². The lowest BCUT2D eigenvalue weighted by atomic mass is 10.1. The van der Waals surface area contributed by atoms with Crippen LogP contribution in [0.2, 0.25) is 0 Å². The lowest BCUT2D eigenvalue weighted by Gasteiger charge is -2.15. The van der Waals surface area contributed by atoms with Crippen molar-refractivity contribution in [1.82, 2.24) is 0 Å². The second kappa shape index (κ2) is 7.10. The van der Waals surface area contributed by atoms with Crippen LogP contribution in [-0.2, 0) is 4.74 Å². The van der Waals surface area contributed by atoms with Crippen molar-refractivity contribution in [1.29, 1.82) is 0 Å². The van der Waals surface area contributed by atoms with Crippen molar-refractivity contribution < 1.29 is 19.0 Å². The highest BCUT2D eigenvalue weighted by Crippen LogP contribution is 2.37. The Hall–Kier alpha value is -2.43. The van der Waals surface area contributed by atoms with Crippen LogP contribution in [0.1, 0.15) is 10.4 Å². The zero-order valence-corrected chi connectivity index (χ0v) is 10.8. The number of carbonyl (C=O) groups is 1. The number of hydrogen-bond acceptors (Lipinski definition) is 5. The molecule has 1 rings (SSSR count). The molecule has 0 aromatic heterocycles. The molecule has 0 bridgehead atoms. The molecular weight excluding hydrogens is 246 g/mol. The van der Waals surface area contributed by atoms with Gasteiger partial charge in [-0.3, -0.25) is 0 Å². The van der Waals surface area contributed by atoms with Gasteiger partial charge in [0.15, 0.2) is 11.5 Å². The Balaban J connectivity index is 3.17. The summed E-state index contributed by atoms with van der Waals surface area (Å²) in [6.07, 6.45) is 3.04. The topological polar surface area (TPSA) is 70.8 Å². The number of carbonyl (C=O) groups excluding carboxylic acids is 1. The number of anilines is 1. The predicted octanol–water partition coefficient (Wildman–Crippen LogP) is 2.18. The lowest BCUT2D eigenvalue weighted by molar-refractivity contribution is 0.0545. The highest BCUT2D eigenvalue weighted by Gasteiger charge is 2.20. The van der Waals surface area contributed by atoms with Crippen LogP contribution in [0, 0.1) is 0 Å². The number of benzene rings is 1. The highest BCUT2D eigenvalue weighted by atomic mass is 16.5. The van der Waals surface area contributed by atoms with Gasteiger partial charge in [-0.2, -0.15) is 0 Å². The molecule has 0 spiro atoms. The average molecular weight is 263 g/mol. The van der Waals surface area contributed by atoms with Crippen molar-refractivity contribution in [2.75, 3.05) is 26.1 Å². The van der Waals surface area contributed by atoms with E-state index in [0.29, 0.717) is 11.4 Å². The summed E-state index contributed by atoms with van der Waals surface area (Å²) in [7, 11) is 1.45. The maximum Gasteiger partial charge on any atom is 0.342 e. The Morgan fingerprint density at radius 2 is 1.95 bits per heavy atom. The molecule has 0 saturated carbocycles. The number of nitrogens with two attached hydrogens (primary N) is 1. The molecule has 0 amide bonds. The molecule has 0 aliphatic heterocycles. The minimum absolute atomic E-state index is 0.117. The Morgan fingerprint density at radius 1 is 1.26 bits per heavy atom. The molecule has 0 fully saturated rings. The van der Waals surface area contributed by atoms with Crippen LogP contribution in [-0.4, -0.2) is 26.3 Å². The minimum atomic E-state index is -0.530. The molecule has 19 heavy (non-hydrogen) atoms. The van der Waals surface area contributed by atoms with Gasteiger partial charge in [0.05, 0.1) is 12.8 Å². The van der Waals surface area contributed by atoms with Gasteiger partial charge in [-0.05, 0) is 12.1 Å². The molecular formula is C14H17NO4. The van der Waals surface area contributed by atoms with E-state index in [9.17, 15) is 4.79 Å². The summed E-state index contributed by atoms with van der Waals surface area (Å²) in [5, 5.41) is 0. The maximum atomic E-state index is 11.9. The molecule has 0 aliphatic carbocycles. The summed E-state index contributed by atoms with van der Waals surface area (Å²) in [6.45, 7) is 7.37. The number of methoxy groups -OCH3 is 1. The van der Waals surface area contributed by atoms with Crippen LogP contribution >= 0.6 is 0 Å². The van der Waals surface area contributed by atoms with E-state index in [4.69, 9.17) is 19.9 Å². The quantitative estimate of drug-likeness (QED) is 0.464. The van der Waals surface area contributed by atoms with Gasteiger partial charge < -0.3 is 19.9 Å². The zero-order valence-electron chi connectivity index (χ0n) is 10.8. The third-order valence-corrected chi connectivity index (χ3v) is 2.24. The minimum Gasteiger partial charge on any atom is -0.491 e. The van der Waals surface area contributed by atoms with Crippen LogP contribution in [0.4, 0.5) is 5.69 Å². The standard InChI is InChI=1S/C14H17NO4/c1-4-8-18-12-10(14(16)19-9-5-2)6-7-11(15)13(12)17-3/h4-7H,1-2,8-9,15H2,3H3. The smallest absolute Gasteiger partial charge is 0.342 e. The first-order valence-electron chi connectivity index (χ1n) is 5.63. The molecule has 2 N–H and O–H groups in total. The normalized spacial score (nSPS) is 9.53. The molecule has 0 atom stereocenters. The van der Waals surface area contributed by atoms with Gasteiger partial charge >= 0.3 is 5.97 Å². The summed E-state index contributed by atoms with van der Waals surface area (Å²) in [4.78, 5) is 11.9. The Labute approximate surface area is 112 Å². The van der Waals surface area contributed by atoms with Crippen LogP contribution < -0.4 is 15.2 Å². The second-order valence-electron chi connectivity index (χ2n) is 3.55. The molecule has 1 aromatic carbocycles. The van der Waals surface area contributed by atoms with Gasteiger partial charge in [0.25, 0.3) is 0 Å². The monoisotopic (exact) mass is 263 g/mol. The predicted molar refractivity (Wildman–Crippen MR) is 73.6 cm³/mol. The number of esters is 1. The fraction of sp³-hybridized carbons (Fsp3) is 0.214. The summed E-state index contributed by atoms with van der Waals surface area (Å²) >= 11 is 0. The van der Waals surface area contributed by atoms with E-state index >= 15 is 0 Å². The van der Waals surface area contributed by atoms with Crippen molar-refractivity contribution in [3.63, 3.8) is 0 Å². The summed E-state index contributed by atoms with van der Waals surface area (Å²) < 4.78 is 15.6. The first kappa shape index (κ1) is 14.6. The molecule has 0 saturated heterocycles. The van der Waals surface area contributed by atoms with Crippen molar-refractivity contribution in [2.45, 2.75) is 0 Å². The van der Waals surface area contributed by atoms with Crippen LogP contribution in [0.15, 0.2) is 37.4 Å².